The van der Waals surface area contributed by atoms with E-state index in [0.29, 0.717) is 0 Å². The van der Waals surface area contributed by atoms with Gasteiger partial charge in [0.1, 0.15) is 33.3 Å². The normalized spacial score (nSPS) is 14.8. The van der Waals surface area contributed by atoms with E-state index < -0.39 is 0 Å². The number of hydrogen-bond donors (Lipinski definition) is 0. The molecule has 0 spiro atoms. The van der Waals surface area contributed by atoms with Crippen molar-refractivity contribution in [3.63, 3.8) is 0 Å². The smallest absolute Gasteiger partial charge is 0.454 e. The van der Waals surface area contributed by atoms with Crippen LogP contribution in [-0.2, 0) is 41.8 Å². The number of pyridine rings is 6. The molecule has 0 radical (unpaired) electrons. The summed E-state index contributed by atoms with van der Waals surface area (Å²) in [7, 11) is 0. The molecule has 0 saturated heterocycles. The molecule has 0 bridgehead atoms. The number of fused-ring (bicyclic) bond motifs is 9. The van der Waals surface area contributed by atoms with Gasteiger partial charge in [-0.2, -0.15) is 0 Å². The molecule has 19 aromatic rings. The van der Waals surface area contributed by atoms with Gasteiger partial charge in [0, 0.05) is 75.6 Å². The second-order valence-corrected chi connectivity index (χ2v) is 37.5. The van der Waals surface area contributed by atoms with Gasteiger partial charge >= 0.3 is 20.1 Å². The fourth-order valence-corrected chi connectivity index (χ4v) is 18.8. The summed E-state index contributed by atoms with van der Waals surface area (Å²) in [5.41, 5.74) is 35.8. The summed E-state index contributed by atoms with van der Waals surface area (Å²) < 4.78 is 21.1. The van der Waals surface area contributed by atoms with Crippen molar-refractivity contribution >= 4 is 66.2 Å². The minimum absolute atomic E-state index is 0. The first-order valence-electron chi connectivity index (χ1n) is 42.7. The fraction of sp³-hybridized carbons (Fsp3) is 0.204. The molecule has 20 rings (SSSR count). The van der Waals surface area contributed by atoms with Gasteiger partial charge in [-0.15, -0.1) is 71.3 Å². The maximum absolute atomic E-state index is 7.04. The van der Waals surface area contributed by atoms with Crippen molar-refractivity contribution in [3.05, 3.63) is 349 Å². The Kier molecular flexibility index (Phi) is 20.3. The first-order valence-corrected chi connectivity index (χ1v) is 42.7. The van der Waals surface area contributed by atoms with Crippen LogP contribution in [0.2, 0.25) is 0 Å². The maximum Gasteiger partial charge on any atom is 3.00 e. The van der Waals surface area contributed by atoms with Crippen molar-refractivity contribution in [2.75, 3.05) is 0 Å². The van der Waals surface area contributed by atoms with Gasteiger partial charge in [-0.3, -0.25) is 15.0 Å². The molecule has 9 nitrogen and oxygen atoms in total. The number of benzene rings is 10. The van der Waals surface area contributed by atoms with Crippen molar-refractivity contribution in [2.45, 2.75) is 149 Å². The van der Waals surface area contributed by atoms with Gasteiger partial charge in [-0.05, 0) is 199 Å². The van der Waals surface area contributed by atoms with Crippen LogP contribution >= 0.6 is 0 Å². The summed E-state index contributed by atoms with van der Waals surface area (Å²) in [6.07, 6.45) is 14.2. The average molecular weight is 1780 g/mol. The topological polar surface area (TPSA) is 117 Å². The molecule has 0 amide bonds. The fourth-order valence-electron chi connectivity index (χ4n) is 18.8. The zero-order valence-corrected chi connectivity index (χ0v) is 74.1. The zero-order chi connectivity index (χ0) is 83.7. The van der Waals surface area contributed by atoms with E-state index in [1.165, 1.54) is 38.9 Å². The summed E-state index contributed by atoms with van der Waals surface area (Å²) in [5.74, 6) is -0.0930. The molecule has 0 aliphatic heterocycles. The molecule has 604 valence electrons. The van der Waals surface area contributed by atoms with Gasteiger partial charge in [0.15, 0.2) is 16.7 Å². The van der Waals surface area contributed by atoms with Crippen LogP contribution in [0.5, 0.6) is 0 Å². The van der Waals surface area contributed by atoms with E-state index in [2.05, 4.69) is 321 Å². The quantitative estimate of drug-likeness (QED) is 0.104. The van der Waals surface area contributed by atoms with Crippen LogP contribution in [0.1, 0.15) is 165 Å². The largest absolute Gasteiger partial charge is 3.00 e. The Balaban J connectivity index is 0.00000994. The van der Waals surface area contributed by atoms with Gasteiger partial charge in [0.2, 0.25) is 0 Å². The number of aryl methyl sites for hydroxylation is 1. The molecule has 1 saturated carbocycles. The Morgan fingerprint density at radius 3 is 1.02 bits per heavy atom. The van der Waals surface area contributed by atoms with Gasteiger partial charge in [0.25, 0.3) is 0 Å². The Bertz CT molecular complexity index is 7050. The molecule has 1 aliphatic carbocycles. The first kappa shape index (κ1) is 79.9. The molecule has 1 fully saturated rings. The summed E-state index contributed by atoms with van der Waals surface area (Å²) in [4.78, 5) is 30.7. The predicted molar refractivity (Wildman–Crippen MR) is 500 cm³/mol. The molecule has 10 heteroatoms. The van der Waals surface area contributed by atoms with Crippen LogP contribution in [0.3, 0.4) is 0 Å². The van der Waals surface area contributed by atoms with Crippen LogP contribution in [0.4, 0.5) is 0 Å². The van der Waals surface area contributed by atoms with Gasteiger partial charge in [-0.1, -0.05) is 279 Å². The molecule has 2 unspecified atom stereocenters. The van der Waals surface area contributed by atoms with Gasteiger partial charge in [-0.25, -0.2) is 0 Å². The van der Waals surface area contributed by atoms with E-state index in [9.17, 15) is 0 Å². The van der Waals surface area contributed by atoms with Crippen LogP contribution in [-0.4, -0.2) is 29.9 Å². The van der Waals surface area contributed by atoms with E-state index in [1.54, 1.807) is 0 Å². The molecule has 9 heterocycles. The molecule has 0 N–H and O–H groups in total. The standard InChI is InChI=1S/C113H95N6O3.Ir/c1-67-55-98(119-66-97(67)68-25-15-14-16-26-68)69-35-40-83(92(59-69)86-47-52-116-104-89-29-19-22-32-101(89)120-107(86)104)82-28-18-17-27-79(82)72-56-73(80-43-38-75(110(2,3)4)62-95(80)84-41-36-70(99-64-77(45-50-114-99)112(8,9)10)60-93(84)87-48-53-117-105-90-30-20-23-33-102(90)121-108(87)105)58-74(57-72)81-44-39-76(111(5,6)7)63-96(81)85-42-37-71(100-65-78(46-51-115-100)113(11,12)13)61-94(85)88-49-54-118-106-91-31-21-24-34-103(91)122-109(88)106;/h14-34,38-55,59-66,72-74H,56-58H2,1-13H3;/q-3;+3. The molecular weight excluding hydrogens is 1680 g/mol. The summed E-state index contributed by atoms with van der Waals surface area (Å²) in [5, 5.41) is 2.90. The molecule has 1 aliphatic rings. The van der Waals surface area contributed by atoms with E-state index in [-0.39, 0.29) is 59.5 Å². The van der Waals surface area contributed by atoms with Crippen molar-refractivity contribution in [2.24, 2.45) is 0 Å². The van der Waals surface area contributed by atoms with Crippen LogP contribution in [0.15, 0.2) is 299 Å². The molecule has 2 atom stereocenters. The predicted octanol–water partition coefficient (Wildman–Crippen LogP) is 30.2. The molecule has 10 aromatic carbocycles. The van der Waals surface area contributed by atoms with E-state index in [0.717, 1.165) is 203 Å². The Morgan fingerprint density at radius 1 is 0.285 bits per heavy atom. The van der Waals surface area contributed by atoms with E-state index in [1.807, 2.05) is 73.6 Å². The second-order valence-electron chi connectivity index (χ2n) is 37.5. The number of furan rings is 3. The van der Waals surface area contributed by atoms with Gasteiger partial charge < -0.3 is 28.2 Å². The first-order chi connectivity index (χ1) is 58.9. The van der Waals surface area contributed by atoms with Crippen molar-refractivity contribution < 1.29 is 33.4 Å². The summed E-state index contributed by atoms with van der Waals surface area (Å²) in [6.45, 7) is 29.7. The third kappa shape index (κ3) is 14.8. The number of para-hydroxylation sites is 3. The third-order valence-corrected chi connectivity index (χ3v) is 25.5. The monoisotopic (exact) mass is 1780 g/mol. The summed E-state index contributed by atoms with van der Waals surface area (Å²) >= 11 is 0. The minimum Gasteiger partial charge on any atom is -0.454 e. The zero-order valence-electron chi connectivity index (χ0n) is 71.7. The van der Waals surface area contributed by atoms with Gasteiger partial charge in [0.05, 0.1) is 0 Å². The van der Waals surface area contributed by atoms with E-state index in [4.69, 9.17) is 43.2 Å². The minimum atomic E-state index is -0.233. The van der Waals surface area contributed by atoms with Crippen LogP contribution < -0.4 is 0 Å². The Morgan fingerprint density at radius 2 is 0.626 bits per heavy atom. The number of aromatic nitrogens is 6. The molecule has 123 heavy (non-hydrogen) atoms. The van der Waals surface area contributed by atoms with Crippen molar-refractivity contribution in [1.82, 2.24) is 29.9 Å². The molecular formula is C113H95IrN6O3. The second kappa shape index (κ2) is 31.2. The third-order valence-electron chi connectivity index (χ3n) is 25.5. The van der Waals surface area contributed by atoms with Crippen LogP contribution in [0.25, 0.3) is 178 Å². The van der Waals surface area contributed by atoms with Crippen molar-refractivity contribution in [3.8, 4) is 112 Å². The number of nitrogens with zero attached hydrogens (tertiary/aromatic N) is 6. The molecule has 9 aromatic heterocycles. The average Bonchev–Trinajstić information content (AvgIpc) is 1.74. The Hall–Kier alpha value is -12.9. The van der Waals surface area contributed by atoms with Crippen molar-refractivity contribution in [1.29, 1.82) is 0 Å². The number of rotatable bonds is 13. The maximum atomic E-state index is 7.04. The number of hydrogen-bond acceptors (Lipinski definition) is 9. The summed E-state index contributed by atoms with van der Waals surface area (Å²) in [6, 6.07) is 102. The van der Waals surface area contributed by atoms with E-state index >= 15 is 0 Å². The SMILES string of the molecule is Cc1cc(-c2[c-]cc(-c3ccccc3C3CC(c4ccc(C(C)(C)C)cc4-c4c[c-]c(-c5cc(C(C)(C)C)ccn5)cc4-c4ccnc5c4oc4ccccc45)CC(c4ccc(C(C)(C)C)cc4-c4c[c-]c(-c5cc(C(C)(C)C)ccn5)cc4-c4ccnc5c4oc4ccccc45)C3)c(-c3ccnc4c3oc3ccccc34)c2)ncc1-c1ccccc1.[Ir+3]. The van der Waals surface area contributed by atoms with Crippen LogP contribution in [0, 0.1) is 25.1 Å². The Labute approximate surface area is 733 Å².